The van der Waals surface area contributed by atoms with Crippen LogP contribution >= 0.6 is 0 Å². The molecule has 3 nitrogen and oxygen atoms in total. The van der Waals surface area contributed by atoms with E-state index in [0.717, 1.165) is 12.8 Å². The summed E-state index contributed by atoms with van der Waals surface area (Å²) in [7, 11) is 0. The molecule has 76 valence electrons. The average molecular weight is 185 g/mol. The van der Waals surface area contributed by atoms with E-state index in [0.29, 0.717) is 6.42 Å². The van der Waals surface area contributed by atoms with Gasteiger partial charge in [0.05, 0.1) is 0 Å². The van der Waals surface area contributed by atoms with Crippen LogP contribution in [0.25, 0.3) is 0 Å². The molecule has 0 radical (unpaired) electrons. The highest BCUT2D eigenvalue weighted by Gasteiger charge is 2.20. The first-order valence-electron chi connectivity index (χ1n) is 5.20. The van der Waals surface area contributed by atoms with Crippen LogP contribution in [0.15, 0.2) is 0 Å². The van der Waals surface area contributed by atoms with Crippen molar-refractivity contribution < 1.29 is 9.53 Å². The zero-order chi connectivity index (χ0) is 9.68. The van der Waals surface area contributed by atoms with Crippen LogP contribution in [-0.2, 0) is 9.53 Å². The van der Waals surface area contributed by atoms with E-state index in [1.165, 1.54) is 19.3 Å². The van der Waals surface area contributed by atoms with E-state index in [2.05, 4.69) is 0 Å². The minimum atomic E-state index is -0.429. The molecule has 0 aromatic heterocycles. The van der Waals surface area contributed by atoms with Gasteiger partial charge in [-0.3, -0.25) is 4.79 Å². The number of rotatable bonds is 3. The predicted molar refractivity (Wildman–Crippen MR) is 51.2 cm³/mol. The molecule has 1 rings (SSSR count). The highest BCUT2D eigenvalue weighted by atomic mass is 16.5. The fraction of sp³-hybridized carbons (Fsp3) is 0.900. The standard InChI is InChI=1S/C10H19NO2/c1-2-9(11)10(12)13-8-6-4-3-5-7-8/h8-9H,2-7,11H2,1H3/t9-/m0/s1. The second-order valence-electron chi connectivity index (χ2n) is 3.71. The molecular weight excluding hydrogens is 166 g/mol. The summed E-state index contributed by atoms with van der Waals surface area (Å²) in [5.41, 5.74) is 5.56. The van der Waals surface area contributed by atoms with Gasteiger partial charge in [-0.25, -0.2) is 0 Å². The van der Waals surface area contributed by atoms with E-state index in [4.69, 9.17) is 10.5 Å². The Morgan fingerprint density at radius 2 is 2.08 bits per heavy atom. The van der Waals surface area contributed by atoms with Gasteiger partial charge >= 0.3 is 5.97 Å². The van der Waals surface area contributed by atoms with Gasteiger partial charge in [0.25, 0.3) is 0 Å². The van der Waals surface area contributed by atoms with Crippen LogP contribution in [0, 0.1) is 0 Å². The zero-order valence-corrected chi connectivity index (χ0v) is 8.29. The van der Waals surface area contributed by atoms with Gasteiger partial charge in [-0.2, -0.15) is 0 Å². The van der Waals surface area contributed by atoms with Crippen molar-refractivity contribution in [2.24, 2.45) is 5.73 Å². The van der Waals surface area contributed by atoms with Gasteiger partial charge in [0, 0.05) is 0 Å². The normalized spacial score (nSPS) is 21.1. The van der Waals surface area contributed by atoms with Gasteiger partial charge in [0.15, 0.2) is 0 Å². The van der Waals surface area contributed by atoms with Crippen LogP contribution in [0.1, 0.15) is 45.4 Å². The molecule has 0 bridgehead atoms. The molecule has 0 aromatic rings. The summed E-state index contributed by atoms with van der Waals surface area (Å²) in [6, 6.07) is -0.429. The fourth-order valence-electron chi connectivity index (χ4n) is 1.60. The quantitative estimate of drug-likeness (QED) is 0.679. The van der Waals surface area contributed by atoms with Crippen molar-refractivity contribution in [2.45, 2.75) is 57.6 Å². The summed E-state index contributed by atoms with van der Waals surface area (Å²) in [5.74, 6) is -0.227. The summed E-state index contributed by atoms with van der Waals surface area (Å²) in [4.78, 5) is 11.3. The number of hydrogen-bond donors (Lipinski definition) is 1. The molecule has 1 aliphatic carbocycles. The van der Waals surface area contributed by atoms with Crippen LogP contribution < -0.4 is 5.73 Å². The van der Waals surface area contributed by atoms with Crippen molar-refractivity contribution >= 4 is 5.97 Å². The third-order valence-corrected chi connectivity index (χ3v) is 2.58. The van der Waals surface area contributed by atoms with Crippen molar-refractivity contribution in [3.05, 3.63) is 0 Å². The summed E-state index contributed by atoms with van der Waals surface area (Å²) in [5, 5.41) is 0. The average Bonchev–Trinajstić information content (AvgIpc) is 2.18. The number of hydrogen-bond acceptors (Lipinski definition) is 3. The van der Waals surface area contributed by atoms with Gasteiger partial charge in [-0.05, 0) is 32.1 Å². The lowest BCUT2D eigenvalue weighted by Crippen LogP contribution is -2.34. The fourth-order valence-corrected chi connectivity index (χ4v) is 1.60. The Balaban J connectivity index is 2.26. The van der Waals surface area contributed by atoms with E-state index in [9.17, 15) is 4.79 Å². The van der Waals surface area contributed by atoms with E-state index in [1.807, 2.05) is 6.92 Å². The van der Waals surface area contributed by atoms with Crippen LogP contribution in [-0.4, -0.2) is 18.1 Å². The lowest BCUT2D eigenvalue weighted by atomic mass is 9.98. The van der Waals surface area contributed by atoms with Crippen LogP contribution in [0.5, 0.6) is 0 Å². The first-order chi connectivity index (χ1) is 6.24. The molecule has 0 heterocycles. The Hall–Kier alpha value is -0.570. The van der Waals surface area contributed by atoms with Gasteiger partial charge < -0.3 is 10.5 Å². The molecule has 1 aliphatic rings. The van der Waals surface area contributed by atoms with E-state index in [-0.39, 0.29) is 12.1 Å². The van der Waals surface area contributed by atoms with Crippen molar-refractivity contribution in [3.8, 4) is 0 Å². The maximum atomic E-state index is 11.3. The Morgan fingerprint density at radius 3 is 2.62 bits per heavy atom. The molecule has 0 aliphatic heterocycles. The third-order valence-electron chi connectivity index (χ3n) is 2.58. The van der Waals surface area contributed by atoms with Gasteiger partial charge in [0.2, 0.25) is 0 Å². The minimum absolute atomic E-state index is 0.138. The smallest absolute Gasteiger partial charge is 0.323 e. The second-order valence-corrected chi connectivity index (χ2v) is 3.71. The van der Waals surface area contributed by atoms with Gasteiger partial charge in [-0.15, -0.1) is 0 Å². The number of ether oxygens (including phenoxy) is 1. The maximum absolute atomic E-state index is 11.3. The molecule has 0 amide bonds. The van der Waals surface area contributed by atoms with Crippen LogP contribution in [0.2, 0.25) is 0 Å². The Labute approximate surface area is 79.6 Å². The molecule has 1 saturated carbocycles. The summed E-state index contributed by atoms with van der Waals surface area (Å²) < 4.78 is 5.28. The van der Waals surface area contributed by atoms with Crippen molar-refractivity contribution in [1.29, 1.82) is 0 Å². The van der Waals surface area contributed by atoms with Gasteiger partial charge in [0.1, 0.15) is 12.1 Å². The molecule has 0 saturated heterocycles. The van der Waals surface area contributed by atoms with Crippen molar-refractivity contribution in [2.75, 3.05) is 0 Å². The lowest BCUT2D eigenvalue weighted by molar-refractivity contribution is -0.152. The molecule has 3 heteroatoms. The third kappa shape index (κ3) is 3.35. The Kier molecular flexibility index (Phi) is 4.22. The maximum Gasteiger partial charge on any atom is 0.323 e. The minimum Gasteiger partial charge on any atom is -0.461 e. The monoisotopic (exact) mass is 185 g/mol. The van der Waals surface area contributed by atoms with Crippen LogP contribution in [0.4, 0.5) is 0 Å². The largest absolute Gasteiger partial charge is 0.461 e. The molecule has 0 aromatic carbocycles. The first kappa shape index (κ1) is 10.5. The highest BCUT2D eigenvalue weighted by molar-refractivity contribution is 5.75. The molecular formula is C10H19NO2. The summed E-state index contributed by atoms with van der Waals surface area (Å²) in [6.07, 6.45) is 6.46. The molecule has 1 atom stereocenters. The van der Waals surface area contributed by atoms with Crippen molar-refractivity contribution in [1.82, 2.24) is 0 Å². The van der Waals surface area contributed by atoms with Crippen molar-refractivity contribution in [3.63, 3.8) is 0 Å². The highest BCUT2D eigenvalue weighted by Crippen LogP contribution is 2.20. The molecule has 2 N–H and O–H groups in total. The first-order valence-corrected chi connectivity index (χ1v) is 5.20. The number of carbonyl (C=O) groups excluding carboxylic acids is 1. The number of nitrogens with two attached hydrogens (primary N) is 1. The van der Waals surface area contributed by atoms with E-state index >= 15 is 0 Å². The molecule has 0 unspecified atom stereocenters. The van der Waals surface area contributed by atoms with E-state index in [1.54, 1.807) is 0 Å². The number of carbonyl (C=O) groups is 1. The zero-order valence-electron chi connectivity index (χ0n) is 8.29. The SMILES string of the molecule is CC[C@H](N)C(=O)OC1CCCCC1. The van der Waals surface area contributed by atoms with Gasteiger partial charge in [-0.1, -0.05) is 13.3 Å². The Morgan fingerprint density at radius 1 is 1.46 bits per heavy atom. The summed E-state index contributed by atoms with van der Waals surface area (Å²) in [6.45, 7) is 1.90. The van der Waals surface area contributed by atoms with E-state index < -0.39 is 6.04 Å². The molecule has 13 heavy (non-hydrogen) atoms. The second kappa shape index (κ2) is 5.22. The molecule has 0 spiro atoms. The Bertz CT molecular complexity index is 164. The lowest BCUT2D eigenvalue weighted by Gasteiger charge is -2.23. The summed E-state index contributed by atoms with van der Waals surface area (Å²) >= 11 is 0. The van der Waals surface area contributed by atoms with Crippen LogP contribution in [0.3, 0.4) is 0 Å². The number of esters is 1. The topological polar surface area (TPSA) is 52.3 Å². The predicted octanol–water partition coefficient (Wildman–Crippen LogP) is 1.60. The molecule has 1 fully saturated rings.